The minimum absolute atomic E-state index is 0.0771. The van der Waals surface area contributed by atoms with E-state index in [1.165, 1.54) is 18.4 Å². The maximum Gasteiger partial charge on any atom is 0.305 e. The summed E-state index contributed by atoms with van der Waals surface area (Å²) in [7, 11) is 1.38. The first-order valence-electron chi connectivity index (χ1n) is 8.60. The van der Waals surface area contributed by atoms with Gasteiger partial charge in [0.25, 0.3) is 0 Å². The van der Waals surface area contributed by atoms with Crippen LogP contribution in [0.1, 0.15) is 38.5 Å². The fourth-order valence-electron chi connectivity index (χ4n) is 2.44. The first-order chi connectivity index (χ1) is 13.1. The lowest BCUT2D eigenvalue weighted by Crippen LogP contribution is -2.10. The predicted octanol–water partition coefficient (Wildman–Crippen LogP) is 5.20. The molecular weight excluding hydrogens is 366 g/mol. The number of carbonyl (C=O) groups is 2. The number of ether oxygens (including phenoxy) is 1. The van der Waals surface area contributed by atoms with E-state index < -0.39 is 0 Å². The number of thiazole rings is 1. The van der Waals surface area contributed by atoms with Crippen LogP contribution in [0.4, 0.5) is 10.8 Å². The van der Waals surface area contributed by atoms with Crippen molar-refractivity contribution in [2.75, 3.05) is 12.4 Å². The summed E-state index contributed by atoms with van der Waals surface area (Å²) in [6.07, 6.45) is 4.16. The number of methoxy groups -OCH3 is 1. The van der Waals surface area contributed by atoms with E-state index in [9.17, 15) is 9.59 Å². The molecule has 142 valence electrons. The lowest BCUT2D eigenvalue weighted by molar-refractivity contribution is -0.140. The molecule has 8 nitrogen and oxygen atoms in total. The molecule has 0 aliphatic heterocycles. The molecule has 0 atom stereocenters. The van der Waals surface area contributed by atoms with Crippen molar-refractivity contribution < 1.29 is 14.3 Å². The van der Waals surface area contributed by atoms with Crippen LogP contribution in [0.15, 0.2) is 34.8 Å². The second kappa shape index (κ2) is 10.9. The molecule has 1 aromatic carbocycles. The van der Waals surface area contributed by atoms with Gasteiger partial charge in [-0.2, -0.15) is 0 Å². The Morgan fingerprint density at radius 1 is 1.26 bits per heavy atom. The molecular formula is C18H21N5O3S. The molecule has 0 aliphatic rings. The van der Waals surface area contributed by atoms with Crippen LogP contribution in [0, 0.1) is 0 Å². The largest absolute Gasteiger partial charge is 0.469 e. The van der Waals surface area contributed by atoms with Crippen LogP contribution >= 0.6 is 11.3 Å². The number of benzene rings is 1. The van der Waals surface area contributed by atoms with E-state index >= 15 is 0 Å². The molecule has 0 radical (unpaired) electrons. The van der Waals surface area contributed by atoms with Gasteiger partial charge in [-0.05, 0) is 24.4 Å². The molecule has 1 aromatic heterocycles. The molecule has 27 heavy (non-hydrogen) atoms. The normalized spacial score (nSPS) is 10.1. The number of aromatic nitrogens is 1. The maximum atomic E-state index is 12.0. The smallest absolute Gasteiger partial charge is 0.305 e. The van der Waals surface area contributed by atoms with Crippen LogP contribution in [-0.4, -0.2) is 24.0 Å². The van der Waals surface area contributed by atoms with Gasteiger partial charge in [0.15, 0.2) is 5.13 Å². The second-order valence-corrected chi connectivity index (χ2v) is 6.67. The molecule has 0 unspecified atom stereocenters. The molecule has 0 bridgehead atoms. The number of azide groups is 1. The van der Waals surface area contributed by atoms with Gasteiger partial charge in [-0.3, -0.25) is 9.59 Å². The van der Waals surface area contributed by atoms with Crippen molar-refractivity contribution in [2.24, 2.45) is 5.11 Å². The molecule has 1 amide bonds. The third-order valence-corrected chi connectivity index (χ3v) is 4.57. The van der Waals surface area contributed by atoms with Crippen LogP contribution in [0.5, 0.6) is 0 Å². The van der Waals surface area contributed by atoms with Crippen LogP contribution in [0.25, 0.3) is 21.7 Å². The fraction of sp³-hybridized carbons (Fsp3) is 0.389. The van der Waals surface area contributed by atoms with Gasteiger partial charge in [-0.1, -0.05) is 36.2 Å². The first-order valence-corrected chi connectivity index (χ1v) is 9.48. The number of hydrogen-bond acceptors (Lipinski definition) is 6. The molecule has 0 saturated heterocycles. The third kappa shape index (κ3) is 7.08. The van der Waals surface area contributed by atoms with Crippen molar-refractivity contribution in [2.45, 2.75) is 38.5 Å². The number of anilines is 1. The summed E-state index contributed by atoms with van der Waals surface area (Å²) in [6.45, 7) is 0. The Balaban J connectivity index is 1.76. The van der Waals surface area contributed by atoms with Gasteiger partial charge in [-0.25, -0.2) is 4.98 Å². The number of unbranched alkanes of at least 4 members (excludes halogenated alkanes) is 3. The monoisotopic (exact) mass is 387 g/mol. The van der Waals surface area contributed by atoms with E-state index in [-0.39, 0.29) is 11.9 Å². The number of nitrogens with one attached hydrogen (secondary N) is 1. The molecule has 0 aliphatic carbocycles. The Bertz CT molecular complexity index is 830. The van der Waals surface area contributed by atoms with E-state index in [0.717, 1.165) is 31.2 Å². The quantitative estimate of drug-likeness (QED) is 0.198. The van der Waals surface area contributed by atoms with Gasteiger partial charge in [-0.15, -0.1) is 11.3 Å². The zero-order valence-corrected chi connectivity index (χ0v) is 15.9. The van der Waals surface area contributed by atoms with Crippen LogP contribution in [-0.2, 0) is 14.3 Å². The number of hydrogen-bond donors (Lipinski definition) is 1. The molecule has 9 heteroatoms. The van der Waals surface area contributed by atoms with Crippen LogP contribution < -0.4 is 5.32 Å². The Hall–Kier alpha value is -2.90. The van der Waals surface area contributed by atoms with E-state index in [1.807, 2.05) is 11.4 Å². The lowest BCUT2D eigenvalue weighted by atomic mass is 10.1. The maximum absolute atomic E-state index is 12.0. The van der Waals surface area contributed by atoms with Crippen LogP contribution in [0.3, 0.4) is 0 Å². The van der Waals surface area contributed by atoms with Crippen molar-refractivity contribution in [3.05, 3.63) is 40.1 Å². The second-order valence-electron chi connectivity index (χ2n) is 5.82. The minimum Gasteiger partial charge on any atom is -0.469 e. The van der Waals surface area contributed by atoms with Gasteiger partial charge in [0.2, 0.25) is 5.91 Å². The van der Waals surface area contributed by atoms with Gasteiger partial charge < -0.3 is 10.1 Å². The standard InChI is InChI=1S/C18H21N5O3S/c1-26-17(25)10-5-3-2-4-9-16(24)21-18-20-15(12-27-18)13-7-6-8-14(11-13)22-23-19/h6-8,11-12H,2-5,9-10H2,1H3,(H,20,21,24). The summed E-state index contributed by atoms with van der Waals surface area (Å²) in [4.78, 5) is 30.2. The van der Waals surface area contributed by atoms with Crippen molar-refractivity contribution in [1.29, 1.82) is 0 Å². The van der Waals surface area contributed by atoms with Gasteiger partial charge in [0.05, 0.1) is 12.8 Å². The Labute approximate surface area is 161 Å². The number of amides is 1. The SMILES string of the molecule is COC(=O)CCCCCCC(=O)Nc1nc(-c2cccc(N=[N+]=[N-])c2)cs1. The number of rotatable bonds is 10. The Morgan fingerprint density at radius 3 is 2.78 bits per heavy atom. The van der Waals surface area contributed by atoms with Gasteiger partial charge in [0, 0.05) is 34.4 Å². The topological polar surface area (TPSA) is 117 Å². The number of nitrogens with zero attached hydrogens (tertiary/aromatic N) is 4. The number of carbonyl (C=O) groups excluding carboxylic acids is 2. The zero-order valence-electron chi connectivity index (χ0n) is 15.1. The van der Waals surface area contributed by atoms with E-state index in [2.05, 4.69) is 25.1 Å². The van der Waals surface area contributed by atoms with Gasteiger partial charge in [0.1, 0.15) is 0 Å². The summed E-state index contributed by atoms with van der Waals surface area (Å²) < 4.78 is 4.58. The van der Waals surface area contributed by atoms with Crippen LogP contribution in [0.2, 0.25) is 0 Å². The van der Waals surface area contributed by atoms with Crippen molar-refractivity contribution in [3.8, 4) is 11.3 Å². The summed E-state index contributed by atoms with van der Waals surface area (Å²) in [5, 5.41) is 8.76. The molecule has 2 rings (SSSR count). The molecule has 0 spiro atoms. The van der Waals surface area contributed by atoms with E-state index in [1.54, 1.807) is 18.2 Å². The lowest BCUT2D eigenvalue weighted by Gasteiger charge is -2.02. The zero-order chi connectivity index (χ0) is 19.5. The predicted molar refractivity (Wildman–Crippen MR) is 105 cm³/mol. The average molecular weight is 387 g/mol. The Kier molecular flexibility index (Phi) is 8.28. The highest BCUT2D eigenvalue weighted by atomic mass is 32.1. The molecule has 1 N–H and O–H groups in total. The highest BCUT2D eigenvalue weighted by Crippen LogP contribution is 2.27. The summed E-state index contributed by atoms with van der Waals surface area (Å²) in [5.74, 6) is -0.274. The molecule has 2 aromatic rings. The first kappa shape index (κ1) is 20.4. The summed E-state index contributed by atoms with van der Waals surface area (Å²) >= 11 is 1.35. The highest BCUT2D eigenvalue weighted by molar-refractivity contribution is 7.14. The van der Waals surface area contributed by atoms with Crippen molar-refractivity contribution in [1.82, 2.24) is 4.98 Å². The molecule has 0 fully saturated rings. The van der Waals surface area contributed by atoms with Gasteiger partial charge >= 0.3 is 5.97 Å². The summed E-state index contributed by atoms with van der Waals surface area (Å²) in [5.41, 5.74) is 10.6. The van der Waals surface area contributed by atoms with Crippen molar-refractivity contribution in [3.63, 3.8) is 0 Å². The molecule has 1 heterocycles. The van der Waals surface area contributed by atoms with Crippen molar-refractivity contribution >= 4 is 34.0 Å². The highest BCUT2D eigenvalue weighted by Gasteiger charge is 2.08. The summed E-state index contributed by atoms with van der Waals surface area (Å²) in [6, 6.07) is 7.11. The fourth-order valence-corrected chi connectivity index (χ4v) is 3.17. The average Bonchev–Trinajstić information content (AvgIpc) is 3.13. The third-order valence-electron chi connectivity index (χ3n) is 3.82. The Morgan fingerprint density at radius 2 is 2.04 bits per heavy atom. The molecule has 0 saturated carbocycles. The minimum atomic E-state index is -0.197. The van der Waals surface area contributed by atoms with E-state index in [0.29, 0.717) is 29.4 Å². The van der Waals surface area contributed by atoms with E-state index in [4.69, 9.17) is 5.53 Å². The number of esters is 1.